The van der Waals surface area contributed by atoms with Gasteiger partial charge in [0.25, 0.3) is 5.91 Å². The Morgan fingerprint density at radius 2 is 1.85 bits per heavy atom. The van der Waals surface area contributed by atoms with E-state index in [-0.39, 0.29) is 42.2 Å². The highest BCUT2D eigenvalue weighted by molar-refractivity contribution is 5.92. The zero-order valence-corrected chi connectivity index (χ0v) is 29.4. The third kappa shape index (κ3) is 7.94. The Balaban J connectivity index is 0.812. The summed E-state index contributed by atoms with van der Waals surface area (Å²) in [6.45, 7) is 2.61. The molecule has 1 saturated heterocycles. The van der Waals surface area contributed by atoms with E-state index in [1.54, 1.807) is 0 Å². The molecule has 53 heavy (non-hydrogen) atoms. The molecule has 3 aromatic rings. The summed E-state index contributed by atoms with van der Waals surface area (Å²) in [6, 6.07) is 12.4. The number of halogens is 3. The van der Waals surface area contributed by atoms with Crippen LogP contribution in [0.4, 0.5) is 13.2 Å². The summed E-state index contributed by atoms with van der Waals surface area (Å²) in [5.41, 5.74) is 1.80. The molecule has 15 heteroatoms. The molecule has 0 radical (unpaired) electrons. The van der Waals surface area contributed by atoms with Crippen molar-refractivity contribution in [2.24, 2.45) is 17.3 Å². The van der Waals surface area contributed by atoms with Crippen molar-refractivity contribution < 1.29 is 52.2 Å². The van der Waals surface area contributed by atoms with Crippen LogP contribution in [0.15, 0.2) is 48.5 Å². The molecule has 0 unspecified atom stereocenters. The van der Waals surface area contributed by atoms with Crippen LogP contribution in [0.25, 0.3) is 0 Å². The molecule has 2 aromatic heterocycles. The number of carbonyl (C=O) groups excluding carboxylic acids is 1. The predicted molar refractivity (Wildman–Crippen MR) is 182 cm³/mol. The lowest BCUT2D eigenvalue weighted by molar-refractivity contribution is -0.187. The van der Waals surface area contributed by atoms with Crippen LogP contribution in [0.2, 0.25) is 0 Å². The van der Waals surface area contributed by atoms with Gasteiger partial charge >= 0.3 is 6.18 Å². The zero-order valence-electron chi connectivity index (χ0n) is 29.4. The van der Waals surface area contributed by atoms with Crippen molar-refractivity contribution in [3.63, 3.8) is 0 Å². The first kappa shape index (κ1) is 37.3. The lowest BCUT2D eigenvalue weighted by atomic mass is 9.55. The van der Waals surface area contributed by atoms with Crippen molar-refractivity contribution >= 4 is 5.91 Å². The van der Waals surface area contributed by atoms with Crippen molar-refractivity contribution in [3.8, 4) is 17.5 Å². The minimum absolute atomic E-state index is 0.0478. The number of fused-ring (bicyclic) bond motifs is 5. The fraction of sp³-hybridized carbons (Fsp3) is 0.579. The largest absolute Gasteiger partial charge is 0.494 e. The summed E-state index contributed by atoms with van der Waals surface area (Å²) in [6.07, 6.45) is -2.97. The monoisotopic (exact) mass is 742 g/mol. The van der Waals surface area contributed by atoms with Crippen LogP contribution in [0.3, 0.4) is 0 Å². The molecule has 2 saturated carbocycles. The first-order chi connectivity index (χ1) is 25.4. The minimum Gasteiger partial charge on any atom is -0.494 e. The van der Waals surface area contributed by atoms with Gasteiger partial charge in [-0.25, -0.2) is 4.98 Å². The summed E-state index contributed by atoms with van der Waals surface area (Å²) in [4.78, 5) is 16.0. The molecule has 7 rings (SSSR count). The number of aromatic nitrogens is 3. The molecule has 286 valence electrons. The van der Waals surface area contributed by atoms with Crippen LogP contribution >= 0.6 is 0 Å². The summed E-state index contributed by atoms with van der Waals surface area (Å²) in [7, 11) is 0. The number of alkyl halides is 3. The van der Waals surface area contributed by atoms with Crippen LogP contribution in [0, 0.1) is 17.3 Å². The molecule has 1 amide bonds. The smallest absolute Gasteiger partial charge is 0.433 e. The first-order valence-corrected chi connectivity index (χ1v) is 18.3. The van der Waals surface area contributed by atoms with Crippen LogP contribution in [-0.2, 0) is 17.3 Å². The second-order valence-electron chi connectivity index (χ2n) is 14.8. The number of pyridine rings is 1. The van der Waals surface area contributed by atoms with E-state index in [1.165, 1.54) is 29.3 Å². The molecule has 12 nitrogen and oxygen atoms in total. The molecule has 9 atom stereocenters. The molecule has 3 heterocycles. The van der Waals surface area contributed by atoms with E-state index >= 15 is 0 Å². The van der Waals surface area contributed by atoms with Gasteiger partial charge in [-0.1, -0.05) is 19.1 Å². The SMILES string of the molecule is C[C@]12CC[C@@H]3c4ccc(OCCCNC(=O)c5ccc(OC[C@H]6OC[C@H](Oc7cccc(C(F)(F)F)n7)[C@@H](O)[C@H]6O)nn5)cc4CC[C@H]3[C@@H]1CC[C@@H]2O. The van der Waals surface area contributed by atoms with E-state index in [0.717, 1.165) is 56.4 Å². The molecule has 0 bridgehead atoms. The Morgan fingerprint density at radius 3 is 2.64 bits per heavy atom. The number of benzene rings is 1. The number of rotatable bonds is 11. The molecule has 1 aromatic carbocycles. The Morgan fingerprint density at radius 1 is 1.00 bits per heavy atom. The number of nitrogens with zero attached hydrogens (tertiary/aromatic N) is 3. The number of nitrogens with one attached hydrogen (secondary N) is 1. The van der Waals surface area contributed by atoms with Crippen molar-refractivity contribution in [2.45, 2.75) is 94.5 Å². The average Bonchev–Trinajstić information content (AvgIpc) is 3.46. The van der Waals surface area contributed by atoms with Crippen LogP contribution < -0.4 is 19.5 Å². The molecule has 3 fully saturated rings. The van der Waals surface area contributed by atoms with Crippen molar-refractivity contribution in [1.82, 2.24) is 20.5 Å². The maximum atomic E-state index is 13.0. The van der Waals surface area contributed by atoms with Gasteiger partial charge in [-0.3, -0.25) is 4.79 Å². The highest BCUT2D eigenvalue weighted by atomic mass is 19.4. The van der Waals surface area contributed by atoms with E-state index in [9.17, 15) is 33.3 Å². The van der Waals surface area contributed by atoms with Crippen molar-refractivity contribution in [3.05, 3.63) is 71.0 Å². The van der Waals surface area contributed by atoms with Crippen molar-refractivity contribution in [2.75, 3.05) is 26.4 Å². The molecule has 0 spiro atoms. The number of hydrogen-bond acceptors (Lipinski definition) is 11. The van der Waals surface area contributed by atoms with Gasteiger partial charge < -0.3 is 39.6 Å². The van der Waals surface area contributed by atoms with E-state index < -0.39 is 42.2 Å². The Labute approximate surface area is 305 Å². The normalized spacial score (nSPS) is 30.8. The van der Waals surface area contributed by atoms with Crippen molar-refractivity contribution in [1.29, 1.82) is 0 Å². The van der Waals surface area contributed by atoms with Gasteiger partial charge in [0.15, 0.2) is 11.8 Å². The van der Waals surface area contributed by atoms with Gasteiger partial charge in [0, 0.05) is 18.7 Å². The average molecular weight is 743 g/mol. The van der Waals surface area contributed by atoms with Gasteiger partial charge in [-0.2, -0.15) is 13.2 Å². The fourth-order valence-electron chi connectivity index (χ4n) is 8.76. The molecular formula is C38H45F3N4O8. The third-order valence-electron chi connectivity index (χ3n) is 11.7. The Kier molecular flexibility index (Phi) is 10.8. The van der Waals surface area contributed by atoms with Gasteiger partial charge in [0.1, 0.15) is 36.4 Å². The molecule has 4 aliphatic rings. The summed E-state index contributed by atoms with van der Waals surface area (Å²) in [5, 5.41) is 42.3. The van der Waals surface area contributed by atoms with Crippen LogP contribution in [0.1, 0.15) is 78.7 Å². The van der Waals surface area contributed by atoms with E-state index in [2.05, 4.69) is 39.6 Å². The summed E-state index contributed by atoms with van der Waals surface area (Å²) in [5.74, 6) is 1.89. The van der Waals surface area contributed by atoms with E-state index in [0.29, 0.717) is 37.3 Å². The summed E-state index contributed by atoms with van der Waals surface area (Å²) >= 11 is 0. The molecule has 4 N–H and O–H groups in total. The number of aliphatic hydroxyl groups is 3. The standard InChI is InChI=1S/C38H45F3N4O8/c1-37-15-14-24-23-9-7-22(18-21(23)6-8-25(24)26(37)10-12-31(37)46)50-17-3-16-42-36(49)27-11-13-33(45-44-27)52-19-28-34(47)35(48)29(20-51-28)53-32-5-2-4-30(43-32)38(39,40)41/h2,4-5,7,9,11,13,18,24-26,28-29,31,34-35,46-48H,3,6,8,10,12,14-17,19-20H2,1H3,(H,42,49)/t24-,25-,26+,28-,29+,31+,34+,35-,37+/m1/s1. The highest BCUT2D eigenvalue weighted by Gasteiger charge is 2.54. The fourth-order valence-corrected chi connectivity index (χ4v) is 8.76. The molecule has 3 aliphatic carbocycles. The minimum atomic E-state index is -4.67. The number of aryl methyl sites for hydroxylation is 1. The van der Waals surface area contributed by atoms with Crippen LogP contribution in [-0.4, -0.2) is 93.3 Å². The lowest BCUT2D eigenvalue weighted by Crippen LogP contribution is -2.56. The predicted octanol–water partition coefficient (Wildman–Crippen LogP) is 4.25. The number of carbonyl (C=O) groups is 1. The maximum Gasteiger partial charge on any atom is 0.433 e. The maximum absolute atomic E-state index is 13.0. The molecule has 1 aliphatic heterocycles. The number of hydrogen-bond donors (Lipinski definition) is 4. The number of ether oxygens (including phenoxy) is 4. The highest BCUT2D eigenvalue weighted by Crippen LogP contribution is 2.61. The van der Waals surface area contributed by atoms with Gasteiger partial charge in [-0.15, -0.1) is 10.2 Å². The van der Waals surface area contributed by atoms with E-state index in [4.69, 9.17) is 18.9 Å². The topological polar surface area (TPSA) is 165 Å². The summed E-state index contributed by atoms with van der Waals surface area (Å²) < 4.78 is 61.4. The second kappa shape index (κ2) is 15.4. The van der Waals surface area contributed by atoms with Gasteiger partial charge in [0.05, 0.1) is 19.3 Å². The van der Waals surface area contributed by atoms with Gasteiger partial charge in [0.2, 0.25) is 11.8 Å². The molecular weight excluding hydrogens is 697 g/mol. The van der Waals surface area contributed by atoms with Gasteiger partial charge in [-0.05, 0) is 104 Å². The number of amides is 1. The number of aliphatic hydroxyl groups excluding tert-OH is 3. The second-order valence-corrected chi connectivity index (χ2v) is 14.8. The first-order valence-electron chi connectivity index (χ1n) is 18.3. The third-order valence-corrected chi connectivity index (χ3v) is 11.7. The zero-order chi connectivity index (χ0) is 37.3. The lowest BCUT2D eigenvalue weighted by Gasteiger charge is -2.50. The van der Waals surface area contributed by atoms with E-state index in [1.807, 2.05) is 6.07 Å². The quantitative estimate of drug-likeness (QED) is 0.208. The van der Waals surface area contributed by atoms with Crippen LogP contribution in [0.5, 0.6) is 17.5 Å². The Bertz CT molecular complexity index is 1750. The Hall–Kier alpha value is -4.05.